The van der Waals surface area contributed by atoms with Crippen molar-refractivity contribution in [2.24, 2.45) is 17.2 Å². The normalized spacial score (nSPS) is 12.9. The van der Waals surface area contributed by atoms with Crippen LogP contribution in [0.15, 0.2) is 0 Å². The standard InChI is InChI=1S/C20H46N6O/c1-3-4-5-6-7-8-9-10-11-13-18(20(21,22)23)26-19(27)14-17-25-16-12-15-24-2/h18,24-25H,3-17,21-23H2,1-2H3,(H,26,27). The summed E-state index contributed by atoms with van der Waals surface area (Å²) in [5.41, 5.74) is 17.6. The summed E-state index contributed by atoms with van der Waals surface area (Å²) in [6.45, 7) is 4.75. The highest BCUT2D eigenvalue weighted by molar-refractivity contribution is 5.76. The minimum absolute atomic E-state index is 0.0530. The first-order chi connectivity index (χ1) is 12.9. The number of amides is 1. The van der Waals surface area contributed by atoms with Gasteiger partial charge in [0.05, 0.1) is 6.04 Å². The minimum atomic E-state index is -1.38. The third-order valence-electron chi connectivity index (χ3n) is 4.84. The van der Waals surface area contributed by atoms with Crippen LogP contribution in [0.5, 0.6) is 0 Å². The lowest BCUT2D eigenvalue weighted by Crippen LogP contribution is -2.70. The smallest absolute Gasteiger partial charge is 0.221 e. The van der Waals surface area contributed by atoms with Crippen molar-refractivity contribution in [1.29, 1.82) is 0 Å². The Morgan fingerprint density at radius 1 is 0.852 bits per heavy atom. The van der Waals surface area contributed by atoms with E-state index >= 15 is 0 Å². The predicted octanol–water partition coefficient (Wildman–Crippen LogP) is 1.51. The molecule has 9 N–H and O–H groups in total. The number of carbonyl (C=O) groups excluding carboxylic acids is 1. The van der Waals surface area contributed by atoms with Gasteiger partial charge in [-0.05, 0) is 33.0 Å². The molecule has 7 nitrogen and oxygen atoms in total. The number of hydrogen-bond acceptors (Lipinski definition) is 6. The van der Waals surface area contributed by atoms with Crippen LogP contribution in [0.2, 0.25) is 0 Å². The number of nitrogens with two attached hydrogens (primary N) is 3. The number of carbonyl (C=O) groups is 1. The second-order valence-electron chi connectivity index (χ2n) is 7.69. The molecule has 0 aromatic rings. The van der Waals surface area contributed by atoms with E-state index in [9.17, 15) is 4.79 Å². The van der Waals surface area contributed by atoms with Crippen LogP contribution >= 0.6 is 0 Å². The molecule has 0 saturated carbocycles. The van der Waals surface area contributed by atoms with Crippen LogP contribution in [0.1, 0.15) is 84.0 Å². The van der Waals surface area contributed by atoms with Crippen LogP contribution in [0.25, 0.3) is 0 Å². The Balaban J connectivity index is 3.86. The monoisotopic (exact) mass is 386 g/mol. The lowest BCUT2D eigenvalue weighted by Gasteiger charge is -2.31. The lowest BCUT2D eigenvalue weighted by atomic mass is 10.0. The fourth-order valence-corrected chi connectivity index (χ4v) is 3.09. The molecule has 0 aliphatic carbocycles. The van der Waals surface area contributed by atoms with Gasteiger partial charge in [-0.1, -0.05) is 64.7 Å². The number of unbranched alkanes of at least 4 members (excludes halogenated alkanes) is 8. The first kappa shape index (κ1) is 26.3. The molecule has 0 saturated heterocycles. The first-order valence-corrected chi connectivity index (χ1v) is 10.9. The zero-order chi connectivity index (χ0) is 20.4. The Kier molecular flexibility index (Phi) is 16.9. The summed E-state index contributed by atoms with van der Waals surface area (Å²) in [5, 5.41) is 9.26. The molecular formula is C20H46N6O. The first-order valence-electron chi connectivity index (χ1n) is 10.9. The Morgan fingerprint density at radius 2 is 1.44 bits per heavy atom. The molecule has 0 heterocycles. The maximum Gasteiger partial charge on any atom is 0.221 e. The Labute approximate surface area is 167 Å². The van der Waals surface area contributed by atoms with Gasteiger partial charge >= 0.3 is 0 Å². The van der Waals surface area contributed by atoms with Gasteiger partial charge < -0.3 is 16.0 Å². The second kappa shape index (κ2) is 17.4. The van der Waals surface area contributed by atoms with Gasteiger partial charge in [0.2, 0.25) is 5.91 Å². The van der Waals surface area contributed by atoms with Gasteiger partial charge in [-0.2, -0.15) is 0 Å². The maximum absolute atomic E-state index is 12.1. The molecule has 0 aliphatic heterocycles. The van der Waals surface area contributed by atoms with Gasteiger partial charge in [-0.25, -0.2) is 0 Å². The van der Waals surface area contributed by atoms with Crippen LogP contribution in [-0.2, 0) is 4.79 Å². The second-order valence-corrected chi connectivity index (χ2v) is 7.69. The van der Waals surface area contributed by atoms with E-state index in [1.165, 1.54) is 44.9 Å². The topological polar surface area (TPSA) is 131 Å². The molecule has 7 heteroatoms. The summed E-state index contributed by atoms with van der Waals surface area (Å²) in [4.78, 5) is 12.1. The minimum Gasteiger partial charge on any atom is -0.349 e. The highest BCUT2D eigenvalue weighted by atomic mass is 16.1. The van der Waals surface area contributed by atoms with Crippen molar-refractivity contribution in [2.75, 3.05) is 26.7 Å². The van der Waals surface area contributed by atoms with E-state index in [0.29, 0.717) is 13.0 Å². The van der Waals surface area contributed by atoms with Gasteiger partial charge in [0.15, 0.2) is 0 Å². The van der Waals surface area contributed by atoms with Crippen molar-refractivity contribution < 1.29 is 4.79 Å². The Bertz CT molecular complexity index is 346. The summed E-state index contributed by atoms with van der Waals surface area (Å²) in [6, 6.07) is -0.390. The molecule has 0 bridgehead atoms. The van der Waals surface area contributed by atoms with Crippen LogP contribution in [0, 0.1) is 0 Å². The quantitative estimate of drug-likeness (QED) is 0.147. The van der Waals surface area contributed by atoms with Crippen molar-refractivity contribution in [3.8, 4) is 0 Å². The molecule has 0 aromatic carbocycles. The third-order valence-corrected chi connectivity index (χ3v) is 4.84. The van der Waals surface area contributed by atoms with E-state index in [4.69, 9.17) is 17.2 Å². The molecule has 27 heavy (non-hydrogen) atoms. The van der Waals surface area contributed by atoms with Gasteiger partial charge in [-0.15, -0.1) is 0 Å². The predicted molar refractivity (Wildman–Crippen MR) is 115 cm³/mol. The Hall–Kier alpha value is -0.730. The molecule has 1 unspecified atom stereocenters. The molecule has 0 aliphatic rings. The van der Waals surface area contributed by atoms with E-state index in [1.807, 2.05) is 7.05 Å². The van der Waals surface area contributed by atoms with E-state index in [0.717, 1.165) is 38.8 Å². The SMILES string of the molecule is CCCCCCCCCCCC(NC(=O)CCNCCCNC)C(N)(N)N. The van der Waals surface area contributed by atoms with E-state index < -0.39 is 5.79 Å². The highest BCUT2D eigenvalue weighted by Gasteiger charge is 2.27. The van der Waals surface area contributed by atoms with Crippen molar-refractivity contribution in [3.63, 3.8) is 0 Å². The number of nitrogens with one attached hydrogen (secondary N) is 3. The van der Waals surface area contributed by atoms with Crippen LogP contribution in [0.3, 0.4) is 0 Å². The molecule has 1 amide bonds. The Morgan fingerprint density at radius 3 is 2.00 bits per heavy atom. The molecular weight excluding hydrogens is 340 g/mol. The summed E-state index contributed by atoms with van der Waals surface area (Å²) in [7, 11) is 1.93. The molecule has 0 aromatic heterocycles. The largest absolute Gasteiger partial charge is 0.349 e. The molecule has 0 fully saturated rings. The third kappa shape index (κ3) is 17.1. The van der Waals surface area contributed by atoms with Crippen LogP contribution < -0.4 is 33.2 Å². The summed E-state index contributed by atoms with van der Waals surface area (Å²) in [5.74, 6) is -1.43. The lowest BCUT2D eigenvalue weighted by molar-refractivity contribution is -0.122. The zero-order valence-corrected chi connectivity index (χ0v) is 17.8. The van der Waals surface area contributed by atoms with Crippen molar-refractivity contribution >= 4 is 5.91 Å². The zero-order valence-electron chi connectivity index (χ0n) is 17.8. The average Bonchev–Trinajstić information content (AvgIpc) is 2.61. The molecule has 162 valence electrons. The fraction of sp³-hybridized carbons (Fsp3) is 0.950. The van der Waals surface area contributed by atoms with Gasteiger partial charge in [0.1, 0.15) is 5.79 Å². The van der Waals surface area contributed by atoms with Crippen molar-refractivity contribution in [2.45, 2.75) is 95.8 Å². The summed E-state index contributed by atoms with van der Waals surface area (Å²) >= 11 is 0. The maximum atomic E-state index is 12.1. The van der Waals surface area contributed by atoms with Crippen molar-refractivity contribution in [3.05, 3.63) is 0 Å². The number of rotatable bonds is 19. The van der Waals surface area contributed by atoms with Crippen LogP contribution in [0.4, 0.5) is 0 Å². The van der Waals surface area contributed by atoms with E-state index in [1.54, 1.807) is 0 Å². The van der Waals surface area contributed by atoms with Crippen LogP contribution in [-0.4, -0.2) is 44.4 Å². The molecule has 0 spiro atoms. The summed E-state index contributed by atoms with van der Waals surface area (Å²) in [6.07, 6.45) is 13.4. The summed E-state index contributed by atoms with van der Waals surface area (Å²) < 4.78 is 0. The van der Waals surface area contributed by atoms with Crippen molar-refractivity contribution in [1.82, 2.24) is 16.0 Å². The average molecular weight is 387 g/mol. The van der Waals surface area contributed by atoms with Gasteiger partial charge in [-0.3, -0.25) is 22.0 Å². The van der Waals surface area contributed by atoms with Gasteiger partial charge in [0, 0.05) is 13.0 Å². The van der Waals surface area contributed by atoms with E-state index in [-0.39, 0.29) is 11.9 Å². The molecule has 0 radical (unpaired) electrons. The van der Waals surface area contributed by atoms with E-state index in [2.05, 4.69) is 22.9 Å². The fourth-order valence-electron chi connectivity index (χ4n) is 3.09. The van der Waals surface area contributed by atoms with Gasteiger partial charge in [0.25, 0.3) is 0 Å². The number of hydrogen-bond donors (Lipinski definition) is 6. The molecule has 1 atom stereocenters. The highest BCUT2D eigenvalue weighted by Crippen LogP contribution is 2.12. The molecule has 0 rings (SSSR count).